The highest BCUT2D eigenvalue weighted by atomic mass is 32.2. The number of hydrogen-bond donors (Lipinski definition) is 0. The van der Waals surface area contributed by atoms with Gasteiger partial charge in [0.2, 0.25) is 0 Å². The van der Waals surface area contributed by atoms with Crippen molar-refractivity contribution in [3.63, 3.8) is 0 Å². The monoisotopic (exact) mass is 454 g/mol. The smallest absolute Gasteiger partial charge is 0.311 e. The largest absolute Gasteiger partial charge is 0.466 e. The van der Waals surface area contributed by atoms with Crippen molar-refractivity contribution in [2.45, 2.75) is 83.0 Å². The van der Waals surface area contributed by atoms with Gasteiger partial charge in [-0.1, -0.05) is 51.9 Å². The van der Waals surface area contributed by atoms with Crippen LogP contribution in [0.2, 0.25) is 0 Å². The third-order valence-corrected chi connectivity index (χ3v) is 7.88. The molecular weight excluding hydrogens is 420 g/mol. The van der Waals surface area contributed by atoms with Gasteiger partial charge >= 0.3 is 5.97 Å². The number of rotatable bonds is 8. The van der Waals surface area contributed by atoms with Gasteiger partial charge in [-0.2, -0.15) is 0 Å². The Morgan fingerprint density at radius 2 is 1.97 bits per heavy atom. The lowest BCUT2D eigenvalue weighted by atomic mass is 9.80. The molecule has 0 amide bonds. The first-order valence-electron chi connectivity index (χ1n) is 11.5. The van der Waals surface area contributed by atoms with E-state index >= 15 is 0 Å². The lowest BCUT2D eigenvalue weighted by Crippen LogP contribution is -2.23. The van der Waals surface area contributed by atoms with Crippen LogP contribution < -0.4 is 0 Å². The van der Waals surface area contributed by atoms with Crippen molar-refractivity contribution in [2.75, 3.05) is 12.4 Å². The maximum Gasteiger partial charge on any atom is 0.311 e. The molecule has 1 aromatic heterocycles. The quantitative estimate of drug-likeness (QED) is 0.241. The first-order chi connectivity index (χ1) is 14.9. The zero-order chi connectivity index (χ0) is 22.3. The molecule has 2 nitrogen and oxygen atoms in total. The van der Waals surface area contributed by atoms with Crippen LogP contribution in [0, 0.1) is 11.8 Å². The second-order valence-electron chi connectivity index (χ2n) is 8.80. The number of thioether (sulfide) groups is 1. The molecular formula is C27H34O2S2. The molecule has 0 N–H and O–H groups in total. The zero-order valence-corrected chi connectivity index (χ0v) is 20.9. The van der Waals surface area contributed by atoms with Gasteiger partial charge in [0.25, 0.3) is 0 Å². The molecule has 0 saturated heterocycles. The minimum Gasteiger partial charge on any atom is -0.466 e. The fourth-order valence-electron chi connectivity index (χ4n) is 3.91. The van der Waals surface area contributed by atoms with E-state index in [1.165, 1.54) is 59.4 Å². The van der Waals surface area contributed by atoms with Crippen molar-refractivity contribution in [1.29, 1.82) is 0 Å². The molecule has 0 spiro atoms. The van der Waals surface area contributed by atoms with E-state index in [2.05, 4.69) is 44.7 Å². The number of thiophene rings is 1. The average molecular weight is 455 g/mol. The third-order valence-electron chi connectivity index (χ3n) is 5.82. The predicted molar refractivity (Wildman–Crippen MR) is 133 cm³/mol. The number of aryl methyl sites for hydroxylation is 1. The molecule has 0 unspecified atom stereocenters. The van der Waals surface area contributed by atoms with E-state index in [9.17, 15) is 4.79 Å². The van der Waals surface area contributed by atoms with Gasteiger partial charge in [-0.05, 0) is 72.7 Å². The van der Waals surface area contributed by atoms with Crippen LogP contribution in [0.3, 0.4) is 0 Å². The number of benzene rings is 1. The Balaban J connectivity index is 1.85. The third kappa shape index (κ3) is 6.64. The normalized spacial score (nSPS) is 14.5. The first kappa shape index (κ1) is 24.0. The van der Waals surface area contributed by atoms with Gasteiger partial charge in [0.15, 0.2) is 0 Å². The van der Waals surface area contributed by atoms with E-state index in [1.807, 2.05) is 30.8 Å². The molecule has 3 rings (SSSR count). The van der Waals surface area contributed by atoms with E-state index in [4.69, 9.17) is 4.74 Å². The van der Waals surface area contributed by atoms with E-state index < -0.39 is 0 Å². The molecule has 0 fully saturated rings. The lowest BCUT2D eigenvalue weighted by molar-refractivity contribution is -0.142. The molecule has 2 heterocycles. The highest BCUT2D eigenvalue weighted by molar-refractivity contribution is 7.99. The molecule has 31 heavy (non-hydrogen) atoms. The number of carbonyl (C=O) groups is 1. The van der Waals surface area contributed by atoms with E-state index in [-0.39, 0.29) is 11.4 Å². The minimum atomic E-state index is -0.173. The Bertz CT molecular complexity index is 959. The summed E-state index contributed by atoms with van der Waals surface area (Å²) in [5, 5.41) is 0. The van der Waals surface area contributed by atoms with Crippen LogP contribution in [0.5, 0.6) is 0 Å². The number of ether oxygens (including phenoxy) is 1. The van der Waals surface area contributed by atoms with Gasteiger partial charge in [-0.3, -0.25) is 4.79 Å². The summed E-state index contributed by atoms with van der Waals surface area (Å²) in [6.07, 6.45) is 7.68. The average Bonchev–Trinajstić information content (AvgIpc) is 3.17. The van der Waals surface area contributed by atoms with Crippen molar-refractivity contribution < 1.29 is 9.53 Å². The Kier molecular flexibility index (Phi) is 8.69. The maximum absolute atomic E-state index is 11.7. The van der Waals surface area contributed by atoms with Crippen LogP contribution in [-0.4, -0.2) is 18.3 Å². The van der Waals surface area contributed by atoms with Crippen LogP contribution in [0.4, 0.5) is 0 Å². The van der Waals surface area contributed by atoms with Crippen LogP contribution >= 0.6 is 23.1 Å². The SMILES string of the molecule is CCCCCCc1cc2c(cc1C#Cc1ccc(CC(=O)OCC)s1)C(C)(C)CCS2. The summed E-state index contributed by atoms with van der Waals surface area (Å²) < 4.78 is 5.06. The Morgan fingerprint density at radius 1 is 1.13 bits per heavy atom. The molecule has 1 aliphatic rings. The highest BCUT2D eigenvalue weighted by Crippen LogP contribution is 2.42. The fourth-order valence-corrected chi connectivity index (χ4v) is 6.31. The van der Waals surface area contributed by atoms with E-state index in [0.29, 0.717) is 13.0 Å². The molecule has 0 aliphatic carbocycles. The predicted octanol–water partition coefficient (Wildman–Crippen LogP) is 7.15. The van der Waals surface area contributed by atoms with Crippen LogP contribution in [0.15, 0.2) is 29.2 Å². The summed E-state index contributed by atoms with van der Waals surface area (Å²) in [5.41, 5.74) is 4.20. The maximum atomic E-state index is 11.7. The molecule has 0 atom stereocenters. The topological polar surface area (TPSA) is 26.3 Å². The molecule has 0 saturated carbocycles. The van der Waals surface area contributed by atoms with Crippen LogP contribution in [0.25, 0.3) is 0 Å². The summed E-state index contributed by atoms with van der Waals surface area (Å²) in [5.74, 6) is 7.88. The molecule has 1 aromatic carbocycles. The van der Waals surface area contributed by atoms with Gasteiger partial charge in [0.05, 0.1) is 17.9 Å². The number of esters is 1. The Hall–Kier alpha value is -1.70. The summed E-state index contributed by atoms with van der Waals surface area (Å²) >= 11 is 3.58. The van der Waals surface area contributed by atoms with Crippen molar-refractivity contribution in [3.8, 4) is 11.8 Å². The summed E-state index contributed by atoms with van der Waals surface area (Å²) in [6.45, 7) is 9.22. The second kappa shape index (κ2) is 11.2. The van der Waals surface area contributed by atoms with E-state index in [0.717, 1.165) is 16.2 Å². The molecule has 1 aliphatic heterocycles. The number of unbranched alkanes of at least 4 members (excludes halogenated alkanes) is 3. The van der Waals surface area contributed by atoms with Gasteiger partial charge in [0.1, 0.15) is 0 Å². The van der Waals surface area contributed by atoms with Gasteiger partial charge < -0.3 is 4.74 Å². The molecule has 0 radical (unpaired) electrons. The molecule has 2 aromatic rings. The standard InChI is InChI=1S/C27H34O2S2/c1-5-7-8-9-10-20-18-25-24(27(3,4)15-16-30-25)17-21(20)11-12-22-13-14-23(31-22)19-26(28)29-6-2/h13-14,17-18H,5-10,15-16,19H2,1-4H3. The summed E-state index contributed by atoms with van der Waals surface area (Å²) in [6, 6.07) is 8.78. The van der Waals surface area contributed by atoms with Crippen LogP contribution in [-0.2, 0) is 27.8 Å². The summed E-state index contributed by atoms with van der Waals surface area (Å²) in [4.78, 5) is 15.2. The Morgan fingerprint density at radius 3 is 2.74 bits per heavy atom. The summed E-state index contributed by atoms with van der Waals surface area (Å²) in [7, 11) is 0. The van der Waals surface area contributed by atoms with Gasteiger partial charge in [-0.25, -0.2) is 0 Å². The van der Waals surface area contributed by atoms with Crippen LogP contribution in [0.1, 0.15) is 86.2 Å². The first-order valence-corrected chi connectivity index (χ1v) is 13.3. The van der Waals surface area contributed by atoms with Crippen molar-refractivity contribution in [1.82, 2.24) is 0 Å². The highest BCUT2D eigenvalue weighted by Gasteiger charge is 2.28. The van der Waals surface area contributed by atoms with Crippen molar-refractivity contribution in [3.05, 3.63) is 50.7 Å². The molecule has 166 valence electrons. The Labute approximate surface area is 196 Å². The number of hydrogen-bond acceptors (Lipinski definition) is 4. The number of fused-ring (bicyclic) bond motifs is 1. The minimum absolute atomic E-state index is 0.173. The van der Waals surface area contributed by atoms with Crippen molar-refractivity contribution >= 4 is 29.1 Å². The van der Waals surface area contributed by atoms with Gasteiger partial charge in [-0.15, -0.1) is 23.1 Å². The number of carbonyl (C=O) groups excluding carboxylic acids is 1. The second-order valence-corrected chi connectivity index (χ2v) is 11.1. The lowest BCUT2D eigenvalue weighted by Gasteiger charge is -2.32. The molecule has 4 heteroatoms. The fraction of sp³-hybridized carbons (Fsp3) is 0.519. The van der Waals surface area contributed by atoms with E-state index in [1.54, 1.807) is 11.3 Å². The van der Waals surface area contributed by atoms with Crippen molar-refractivity contribution in [2.24, 2.45) is 0 Å². The van der Waals surface area contributed by atoms with Gasteiger partial charge in [0, 0.05) is 15.3 Å². The molecule has 0 bridgehead atoms. The zero-order valence-electron chi connectivity index (χ0n) is 19.3.